The lowest BCUT2D eigenvalue weighted by molar-refractivity contribution is 0.0946. The number of carbonyl (C=O) groups is 1. The summed E-state index contributed by atoms with van der Waals surface area (Å²) in [6.07, 6.45) is 1.52. The van der Waals surface area contributed by atoms with E-state index in [-0.39, 0.29) is 17.3 Å². The number of rotatable bonds is 8. The maximum Gasteiger partial charge on any atom is 0.292 e. The molecular weight excluding hydrogens is 468 g/mol. The number of thioether (sulfide) groups is 1. The number of ether oxygens (including phenoxy) is 1. The van der Waals surface area contributed by atoms with Crippen molar-refractivity contribution in [2.75, 3.05) is 12.8 Å². The number of anilines is 1. The monoisotopic (exact) mass is 486 g/mol. The predicted octanol–water partition coefficient (Wildman–Crippen LogP) is 1.77. The SMILES string of the molecule is COc1ccc(/C=N\NC(=O)c2c(C)nnn2-c2nonc2N)cc1CSc1nnc(C)s1. The Hall–Kier alpha value is -3.85. The van der Waals surface area contributed by atoms with Crippen LogP contribution in [0.4, 0.5) is 5.82 Å². The first-order chi connectivity index (χ1) is 16.0. The van der Waals surface area contributed by atoms with Crippen molar-refractivity contribution in [3.8, 4) is 11.6 Å². The second-order valence-electron chi connectivity index (χ2n) is 6.55. The van der Waals surface area contributed by atoms with E-state index < -0.39 is 5.91 Å². The summed E-state index contributed by atoms with van der Waals surface area (Å²) >= 11 is 3.10. The van der Waals surface area contributed by atoms with E-state index in [0.29, 0.717) is 11.4 Å². The number of nitrogen functional groups attached to an aromatic ring is 1. The van der Waals surface area contributed by atoms with Crippen LogP contribution in [-0.2, 0) is 5.75 Å². The normalized spacial score (nSPS) is 11.2. The van der Waals surface area contributed by atoms with Gasteiger partial charge >= 0.3 is 0 Å². The number of aryl methyl sites for hydroxylation is 2. The first kappa shape index (κ1) is 22.3. The Balaban J connectivity index is 1.47. The number of amides is 1. The Morgan fingerprint density at radius 3 is 2.88 bits per heavy atom. The number of nitrogens with zero attached hydrogens (tertiary/aromatic N) is 8. The summed E-state index contributed by atoms with van der Waals surface area (Å²) in [6, 6.07) is 5.60. The summed E-state index contributed by atoms with van der Waals surface area (Å²) in [4.78, 5) is 12.7. The van der Waals surface area contributed by atoms with E-state index in [0.717, 1.165) is 30.9 Å². The molecular formula is C18H18N10O3S2. The van der Waals surface area contributed by atoms with Gasteiger partial charge in [-0.1, -0.05) is 28.3 Å². The van der Waals surface area contributed by atoms with Gasteiger partial charge in [0.15, 0.2) is 10.0 Å². The van der Waals surface area contributed by atoms with Crippen molar-refractivity contribution in [2.45, 2.75) is 23.9 Å². The Kier molecular flexibility index (Phi) is 6.60. The third-order valence-electron chi connectivity index (χ3n) is 4.29. The average molecular weight is 487 g/mol. The third-order valence-corrected chi connectivity index (χ3v) is 6.31. The number of nitrogens with two attached hydrogens (primary N) is 1. The molecule has 0 fully saturated rings. The average Bonchev–Trinajstić information content (AvgIpc) is 3.52. The minimum Gasteiger partial charge on any atom is -0.496 e. The smallest absolute Gasteiger partial charge is 0.292 e. The number of aromatic nitrogens is 7. The Bertz CT molecular complexity index is 1310. The Morgan fingerprint density at radius 2 is 2.18 bits per heavy atom. The topological polar surface area (TPSA) is 172 Å². The molecule has 4 rings (SSSR count). The van der Waals surface area contributed by atoms with E-state index >= 15 is 0 Å². The molecule has 3 heterocycles. The van der Waals surface area contributed by atoms with Crippen molar-refractivity contribution in [2.24, 2.45) is 5.10 Å². The zero-order chi connectivity index (χ0) is 23.4. The molecule has 15 heteroatoms. The van der Waals surface area contributed by atoms with E-state index in [9.17, 15) is 4.79 Å². The summed E-state index contributed by atoms with van der Waals surface area (Å²) in [5.41, 5.74) is 10.3. The molecule has 3 N–H and O–H groups in total. The Morgan fingerprint density at radius 1 is 1.33 bits per heavy atom. The van der Waals surface area contributed by atoms with Crippen molar-refractivity contribution >= 4 is 41.0 Å². The molecule has 0 atom stereocenters. The highest BCUT2D eigenvalue weighted by atomic mass is 32.2. The van der Waals surface area contributed by atoms with Gasteiger partial charge in [-0.25, -0.2) is 10.1 Å². The van der Waals surface area contributed by atoms with Crippen LogP contribution in [0.1, 0.15) is 32.3 Å². The van der Waals surface area contributed by atoms with E-state index in [2.05, 4.69) is 46.0 Å². The van der Waals surface area contributed by atoms with Gasteiger partial charge in [0, 0.05) is 11.3 Å². The number of hydrogen-bond donors (Lipinski definition) is 2. The van der Waals surface area contributed by atoms with Crippen molar-refractivity contribution in [1.82, 2.24) is 40.9 Å². The quantitative estimate of drug-likeness (QED) is 0.211. The van der Waals surface area contributed by atoms with Gasteiger partial charge in [0.1, 0.15) is 10.8 Å². The highest BCUT2D eigenvalue weighted by molar-refractivity contribution is 8.00. The minimum absolute atomic E-state index is 0.0234. The molecule has 4 aromatic rings. The molecule has 0 saturated heterocycles. The molecule has 1 aromatic carbocycles. The fraction of sp³-hybridized carbons (Fsp3) is 0.222. The van der Waals surface area contributed by atoms with Gasteiger partial charge < -0.3 is 10.5 Å². The van der Waals surface area contributed by atoms with Gasteiger partial charge in [-0.3, -0.25) is 4.79 Å². The Labute approximate surface area is 195 Å². The number of benzene rings is 1. The standard InChI is InChI=1S/C18H18N10O3S2/c1-9-14(28(27-21-9)16-15(19)25-31-26-16)17(29)23-20-7-11-4-5-13(30-3)12(6-11)8-32-18-24-22-10(2)33-18/h4-7H,8H2,1-3H3,(H2,19,25)(H,23,29)/b20-7-. The van der Waals surface area contributed by atoms with Crippen LogP contribution in [-0.4, -0.2) is 54.7 Å². The predicted molar refractivity (Wildman–Crippen MR) is 121 cm³/mol. The second kappa shape index (κ2) is 9.74. The molecule has 0 radical (unpaired) electrons. The number of carbonyl (C=O) groups excluding carboxylic acids is 1. The van der Waals surface area contributed by atoms with Crippen molar-refractivity contribution in [3.05, 3.63) is 45.7 Å². The zero-order valence-corrected chi connectivity index (χ0v) is 19.3. The van der Waals surface area contributed by atoms with Crippen LogP contribution in [0, 0.1) is 13.8 Å². The molecule has 170 valence electrons. The van der Waals surface area contributed by atoms with Crippen LogP contribution in [0.2, 0.25) is 0 Å². The first-order valence-corrected chi connectivity index (χ1v) is 11.2. The molecule has 0 aliphatic carbocycles. The van der Waals surface area contributed by atoms with Gasteiger partial charge in [0.25, 0.3) is 5.91 Å². The van der Waals surface area contributed by atoms with Gasteiger partial charge in [-0.2, -0.15) is 9.78 Å². The summed E-state index contributed by atoms with van der Waals surface area (Å²) in [7, 11) is 1.61. The molecule has 0 aliphatic heterocycles. The summed E-state index contributed by atoms with van der Waals surface area (Å²) in [6.45, 7) is 3.54. The number of methoxy groups -OCH3 is 1. The summed E-state index contributed by atoms with van der Waals surface area (Å²) in [5, 5.41) is 28.0. The van der Waals surface area contributed by atoms with Gasteiger partial charge in [-0.15, -0.1) is 15.3 Å². The molecule has 0 unspecified atom stereocenters. The fourth-order valence-electron chi connectivity index (χ4n) is 2.79. The number of hydrogen-bond acceptors (Lipinski definition) is 13. The lowest BCUT2D eigenvalue weighted by Gasteiger charge is -2.08. The van der Waals surface area contributed by atoms with E-state index in [4.69, 9.17) is 10.5 Å². The molecule has 0 saturated carbocycles. The minimum atomic E-state index is -0.549. The maximum absolute atomic E-state index is 12.7. The summed E-state index contributed by atoms with van der Waals surface area (Å²) in [5.74, 6) is 0.877. The van der Waals surface area contributed by atoms with Gasteiger partial charge in [0.2, 0.25) is 11.6 Å². The molecule has 0 spiro atoms. The first-order valence-electron chi connectivity index (χ1n) is 9.40. The van der Waals surface area contributed by atoms with Gasteiger partial charge in [-0.05, 0) is 47.9 Å². The lowest BCUT2D eigenvalue weighted by atomic mass is 10.1. The van der Waals surface area contributed by atoms with Gasteiger partial charge in [0.05, 0.1) is 19.0 Å². The molecule has 0 aliphatic rings. The van der Waals surface area contributed by atoms with Crippen LogP contribution < -0.4 is 15.9 Å². The maximum atomic E-state index is 12.7. The fourth-order valence-corrected chi connectivity index (χ4v) is 4.58. The van der Waals surface area contributed by atoms with Crippen LogP contribution >= 0.6 is 23.1 Å². The van der Waals surface area contributed by atoms with E-state index in [1.165, 1.54) is 17.6 Å². The van der Waals surface area contributed by atoms with Crippen LogP contribution in [0.3, 0.4) is 0 Å². The van der Waals surface area contributed by atoms with Crippen molar-refractivity contribution in [3.63, 3.8) is 0 Å². The van der Waals surface area contributed by atoms with Crippen molar-refractivity contribution in [1.29, 1.82) is 0 Å². The van der Waals surface area contributed by atoms with Crippen LogP contribution in [0.25, 0.3) is 5.82 Å². The highest BCUT2D eigenvalue weighted by Gasteiger charge is 2.22. The van der Waals surface area contributed by atoms with Crippen LogP contribution in [0.15, 0.2) is 32.3 Å². The molecule has 1 amide bonds. The second-order valence-corrected chi connectivity index (χ2v) is 8.96. The third kappa shape index (κ3) is 4.98. The lowest BCUT2D eigenvalue weighted by Crippen LogP contribution is -2.22. The highest BCUT2D eigenvalue weighted by Crippen LogP contribution is 2.30. The summed E-state index contributed by atoms with van der Waals surface area (Å²) < 4.78 is 12.0. The number of nitrogens with one attached hydrogen (secondary N) is 1. The molecule has 3 aromatic heterocycles. The van der Waals surface area contributed by atoms with E-state index in [1.807, 2.05) is 25.1 Å². The van der Waals surface area contributed by atoms with E-state index in [1.54, 1.807) is 25.8 Å². The van der Waals surface area contributed by atoms with Crippen LogP contribution in [0.5, 0.6) is 5.75 Å². The molecule has 33 heavy (non-hydrogen) atoms. The molecule has 0 bridgehead atoms. The number of hydrazone groups is 1. The zero-order valence-electron chi connectivity index (χ0n) is 17.7. The largest absolute Gasteiger partial charge is 0.496 e. The molecule has 13 nitrogen and oxygen atoms in total. The van der Waals surface area contributed by atoms with Crippen molar-refractivity contribution < 1.29 is 14.2 Å².